The van der Waals surface area contributed by atoms with E-state index in [1.165, 1.54) is 23.5 Å². The van der Waals surface area contributed by atoms with Crippen molar-refractivity contribution in [3.8, 4) is 11.3 Å². The third-order valence-corrected chi connectivity index (χ3v) is 7.38. The van der Waals surface area contributed by atoms with Crippen LogP contribution in [0.1, 0.15) is 31.7 Å². The number of halogens is 3. The number of hydrogen-bond donors (Lipinski definition) is 1. The normalized spacial score (nSPS) is 18.7. The summed E-state index contributed by atoms with van der Waals surface area (Å²) in [4.78, 5) is 21.7. The van der Waals surface area contributed by atoms with Gasteiger partial charge in [-0.15, -0.1) is 0 Å². The minimum Gasteiger partial charge on any atom is -0.334 e. The van der Waals surface area contributed by atoms with Crippen LogP contribution in [-0.4, -0.2) is 20.4 Å². The van der Waals surface area contributed by atoms with Crippen LogP contribution in [0.2, 0.25) is 10.0 Å². The minimum absolute atomic E-state index is 0.0107. The van der Waals surface area contributed by atoms with E-state index in [0.29, 0.717) is 21.4 Å². The Kier molecular flexibility index (Phi) is 5.88. The molecule has 164 valence electrons. The van der Waals surface area contributed by atoms with Gasteiger partial charge in [0.05, 0.1) is 27.3 Å². The molecule has 0 bridgehead atoms. The Hall–Kier alpha value is -2.48. The molecule has 0 unspecified atom stereocenters. The highest BCUT2D eigenvalue weighted by Gasteiger charge is 2.28. The van der Waals surface area contributed by atoms with Crippen molar-refractivity contribution in [1.29, 1.82) is 0 Å². The van der Waals surface area contributed by atoms with Gasteiger partial charge in [-0.25, -0.2) is 14.4 Å². The molecule has 0 aliphatic heterocycles. The van der Waals surface area contributed by atoms with Crippen molar-refractivity contribution in [2.24, 2.45) is 5.92 Å². The molecule has 2 aromatic heterocycles. The summed E-state index contributed by atoms with van der Waals surface area (Å²) in [7, 11) is 0. The summed E-state index contributed by atoms with van der Waals surface area (Å²) in [6, 6.07) is 10.5. The Bertz CT molecular complexity index is 1300. The first-order valence-electron chi connectivity index (χ1n) is 10.3. The summed E-state index contributed by atoms with van der Waals surface area (Å²) < 4.78 is 16.8. The first-order valence-corrected chi connectivity index (χ1v) is 11.9. The third kappa shape index (κ3) is 4.37. The second-order valence-corrected chi connectivity index (χ2v) is 9.84. The summed E-state index contributed by atoms with van der Waals surface area (Å²) >= 11 is 13.2. The maximum atomic E-state index is 13.8. The molecule has 1 fully saturated rings. The Labute approximate surface area is 198 Å². The first-order chi connectivity index (χ1) is 15.5. The van der Waals surface area contributed by atoms with E-state index in [2.05, 4.69) is 19.9 Å². The van der Waals surface area contributed by atoms with E-state index in [0.717, 1.165) is 35.9 Å². The summed E-state index contributed by atoms with van der Waals surface area (Å²) in [6.45, 7) is 0. The Balaban J connectivity index is 1.20. The van der Waals surface area contributed by atoms with Crippen molar-refractivity contribution in [3.63, 3.8) is 0 Å². The van der Waals surface area contributed by atoms with Crippen LogP contribution in [0.15, 0.2) is 48.9 Å². The number of nitrogens with zero attached hydrogens (tertiary/aromatic N) is 3. The molecule has 4 aromatic rings. The Morgan fingerprint density at radius 2 is 1.94 bits per heavy atom. The molecular weight excluding hydrogens is 470 g/mol. The van der Waals surface area contributed by atoms with Crippen LogP contribution in [0.3, 0.4) is 0 Å². The van der Waals surface area contributed by atoms with Gasteiger partial charge in [0.25, 0.3) is 0 Å². The molecule has 2 heterocycles. The molecule has 0 atom stereocenters. The Morgan fingerprint density at radius 1 is 1.12 bits per heavy atom. The number of fused-ring (bicyclic) bond motifs is 1. The molecular formula is C23H19Cl2FN4OS. The van der Waals surface area contributed by atoms with Crippen molar-refractivity contribution in [2.75, 3.05) is 5.32 Å². The van der Waals surface area contributed by atoms with Crippen LogP contribution in [0.25, 0.3) is 21.5 Å². The van der Waals surface area contributed by atoms with Crippen LogP contribution >= 0.6 is 34.5 Å². The van der Waals surface area contributed by atoms with E-state index < -0.39 is 5.82 Å². The topological polar surface area (TPSA) is 59.8 Å². The van der Waals surface area contributed by atoms with Crippen molar-refractivity contribution in [3.05, 3.63) is 64.8 Å². The van der Waals surface area contributed by atoms with Gasteiger partial charge in [-0.05, 0) is 56.0 Å². The van der Waals surface area contributed by atoms with E-state index in [9.17, 15) is 9.18 Å². The van der Waals surface area contributed by atoms with Gasteiger partial charge in [-0.2, -0.15) is 0 Å². The average molecular weight is 489 g/mol. The zero-order valence-electron chi connectivity index (χ0n) is 16.9. The van der Waals surface area contributed by atoms with Gasteiger partial charge in [0.15, 0.2) is 5.13 Å². The molecule has 1 aliphatic rings. The van der Waals surface area contributed by atoms with E-state index in [-0.39, 0.29) is 22.9 Å². The fraction of sp³-hybridized carbons (Fsp3) is 0.261. The zero-order chi connectivity index (χ0) is 22.2. The molecule has 32 heavy (non-hydrogen) atoms. The molecule has 0 saturated heterocycles. The van der Waals surface area contributed by atoms with Crippen LogP contribution < -0.4 is 5.32 Å². The van der Waals surface area contributed by atoms with E-state index in [1.54, 1.807) is 18.5 Å². The largest absolute Gasteiger partial charge is 0.334 e. The summed E-state index contributed by atoms with van der Waals surface area (Å²) in [5, 5.41) is 4.30. The zero-order valence-corrected chi connectivity index (χ0v) is 19.2. The number of benzene rings is 2. The van der Waals surface area contributed by atoms with Crippen LogP contribution in [0.4, 0.5) is 9.52 Å². The van der Waals surface area contributed by atoms with Gasteiger partial charge in [0.2, 0.25) is 5.91 Å². The van der Waals surface area contributed by atoms with Gasteiger partial charge in [-0.1, -0.05) is 40.6 Å². The van der Waals surface area contributed by atoms with E-state index >= 15 is 0 Å². The highest BCUT2D eigenvalue weighted by molar-refractivity contribution is 7.22. The predicted molar refractivity (Wildman–Crippen MR) is 127 cm³/mol. The summed E-state index contributed by atoms with van der Waals surface area (Å²) in [5.41, 5.74) is 2.19. The first kappa shape index (κ1) is 21.4. The molecule has 1 amide bonds. The van der Waals surface area contributed by atoms with E-state index in [1.807, 2.05) is 18.3 Å². The van der Waals surface area contributed by atoms with Gasteiger partial charge in [0, 0.05) is 28.7 Å². The third-order valence-electron chi connectivity index (χ3n) is 5.89. The number of carbonyl (C=O) groups is 1. The molecule has 1 aliphatic carbocycles. The number of hydrogen-bond acceptors (Lipinski definition) is 4. The number of amides is 1. The molecule has 2 aromatic carbocycles. The van der Waals surface area contributed by atoms with Gasteiger partial charge >= 0.3 is 0 Å². The SMILES string of the molecule is O=C(Nc1nc2cc(Cl)ccc2s1)C1CCC(n2cnc(-c3ccc(Cl)c(F)c3)c2)CC1. The van der Waals surface area contributed by atoms with Gasteiger partial charge in [0.1, 0.15) is 5.82 Å². The van der Waals surface area contributed by atoms with Crippen molar-refractivity contribution >= 4 is 55.8 Å². The highest BCUT2D eigenvalue weighted by Crippen LogP contribution is 2.35. The van der Waals surface area contributed by atoms with E-state index in [4.69, 9.17) is 23.2 Å². The molecule has 0 spiro atoms. The molecule has 1 N–H and O–H groups in total. The molecule has 0 radical (unpaired) electrons. The minimum atomic E-state index is -0.457. The van der Waals surface area contributed by atoms with Crippen LogP contribution in [0, 0.1) is 11.7 Å². The van der Waals surface area contributed by atoms with Crippen LogP contribution in [0.5, 0.6) is 0 Å². The van der Waals surface area contributed by atoms with Gasteiger partial charge in [-0.3, -0.25) is 4.79 Å². The summed E-state index contributed by atoms with van der Waals surface area (Å²) in [6.07, 6.45) is 7.03. The van der Waals surface area contributed by atoms with Crippen molar-refractivity contribution < 1.29 is 9.18 Å². The number of aromatic nitrogens is 3. The van der Waals surface area contributed by atoms with Crippen molar-refractivity contribution in [2.45, 2.75) is 31.7 Å². The van der Waals surface area contributed by atoms with Crippen molar-refractivity contribution in [1.82, 2.24) is 14.5 Å². The van der Waals surface area contributed by atoms with Crippen LogP contribution in [-0.2, 0) is 4.79 Å². The monoisotopic (exact) mass is 488 g/mol. The van der Waals surface area contributed by atoms with Gasteiger partial charge < -0.3 is 9.88 Å². The highest BCUT2D eigenvalue weighted by atomic mass is 35.5. The lowest BCUT2D eigenvalue weighted by atomic mass is 9.85. The fourth-order valence-corrected chi connectivity index (χ4v) is 5.27. The Morgan fingerprint density at radius 3 is 2.72 bits per heavy atom. The standard InChI is InChI=1S/C23H19Cl2FN4OS/c24-15-4-8-21-19(10-15)28-23(32-21)29-22(31)13-1-5-16(6-2-13)30-11-20(27-12-30)14-3-7-17(25)18(26)9-14/h3-4,7-13,16H,1-2,5-6H2,(H,28,29,31). The number of carbonyl (C=O) groups excluding carboxylic acids is 1. The summed E-state index contributed by atoms with van der Waals surface area (Å²) in [5.74, 6) is -0.492. The number of anilines is 1. The lowest BCUT2D eigenvalue weighted by Gasteiger charge is -2.28. The fourth-order valence-electron chi connectivity index (χ4n) is 4.14. The predicted octanol–water partition coefficient (Wildman–Crippen LogP) is 6.98. The average Bonchev–Trinajstić information content (AvgIpc) is 3.42. The molecule has 5 nitrogen and oxygen atoms in total. The number of rotatable bonds is 4. The number of thiazole rings is 1. The molecule has 5 rings (SSSR count). The second-order valence-electron chi connectivity index (χ2n) is 7.96. The number of imidazole rings is 1. The lowest BCUT2D eigenvalue weighted by Crippen LogP contribution is -2.27. The second kappa shape index (κ2) is 8.81. The lowest BCUT2D eigenvalue weighted by molar-refractivity contribution is -0.121. The number of nitrogens with one attached hydrogen (secondary N) is 1. The quantitative estimate of drug-likeness (QED) is 0.337. The molecule has 1 saturated carbocycles. The smallest absolute Gasteiger partial charge is 0.229 e. The molecule has 9 heteroatoms. The maximum absolute atomic E-state index is 13.8. The maximum Gasteiger partial charge on any atom is 0.229 e.